The molecule has 70 valence electrons. The molecule has 2 heteroatoms. The van der Waals surface area contributed by atoms with E-state index in [0.717, 1.165) is 19.3 Å². The first-order valence-corrected chi connectivity index (χ1v) is 4.78. The molecule has 2 bridgehead atoms. The zero-order chi connectivity index (χ0) is 9.47. The van der Waals surface area contributed by atoms with Crippen LogP contribution in [0.5, 0.6) is 0 Å². The van der Waals surface area contributed by atoms with Gasteiger partial charge < -0.3 is 5.73 Å². The predicted molar refractivity (Wildman–Crippen MR) is 51.8 cm³/mol. The van der Waals surface area contributed by atoms with Crippen molar-refractivity contribution in [2.24, 2.45) is 23.0 Å². The number of hydrogen-bond acceptors (Lipinski definition) is 1. The van der Waals surface area contributed by atoms with Gasteiger partial charge in [-0.2, -0.15) is 0 Å². The fraction of sp³-hybridized carbons (Fsp3) is 0.545. The largest absolute Gasteiger partial charge is 0.369 e. The van der Waals surface area contributed by atoms with Gasteiger partial charge in [-0.05, 0) is 31.1 Å². The smallest absolute Gasteiger partial charge is 0.224 e. The number of carbonyl (C=O) groups excluding carboxylic acids is 1. The molecule has 1 saturated carbocycles. The molecule has 0 spiro atoms. The molecule has 2 aliphatic carbocycles. The van der Waals surface area contributed by atoms with Crippen LogP contribution in [0.15, 0.2) is 24.8 Å². The highest BCUT2D eigenvalue weighted by atomic mass is 16.1. The zero-order valence-electron chi connectivity index (χ0n) is 7.70. The molecule has 2 aliphatic rings. The summed E-state index contributed by atoms with van der Waals surface area (Å²) in [5.41, 5.74) is 5.18. The molecule has 0 aromatic carbocycles. The van der Waals surface area contributed by atoms with Crippen molar-refractivity contribution >= 4 is 5.91 Å². The van der Waals surface area contributed by atoms with Crippen LogP contribution in [-0.4, -0.2) is 5.91 Å². The first-order chi connectivity index (χ1) is 6.19. The Balaban J connectivity index is 2.30. The summed E-state index contributed by atoms with van der Waals surface area (Å²) in [4.78, 5) is 11.4. The van der Waals surface area contributed by atoms with Crippen LogP contribution in [0.3, 0.4) is 0 Å². The summed E-state index contributed by atoms with van der Waals surface area (Å²) in [5.74, 6) is 0.801. The van der Waals surface area contributed by atoms with Crippen molar-refractivity contribution in [3.05, 3.63) is 24.8 Å². The molecule has 13 heavy (non-hydrogen) atoms. The van der Waals surface area contributed by atoms with Crippen LogP contribution in [0.2, 0.25) is 0 Å². The second-order valence-corrected chi connectivity index (χ2v) is 4.20. The molecule has 0 aliphatic heterocycles. The third-order valence-electron chi connectivity index (χ3n) is 3.51. The van der Waals surface area contributed by atoms with Crippen molar-refractivity contribution in [2.45, 2.75) is 19.3 Å². The highest BCUT2D eigenvalue weighted by Crippen LogP contribution is 2.53. The van der Waals surface area contributed by atoms with Gasteiger partial charge in [-0.15, -0.1) is 6.58 Å². The quantitative estimate of drug-likeness (QED) is 0.654. The number of hydrogen-bond donors (Lipinski definition) is 1. The van der Waals surface area contributed by atoms with Crippen LogP contribution < -0.4 is 5.73 Å². The highest BCUT2D eigenvalue weighted by Gasteiger charge is 2.51. The summed E-state index contributed by atoms with van der Waals surface area (Å²) in [6, 6.07) is 0. The molecule has 2 N–H and O–H groups in total. The van der Waals surface area contributed by atoms with Crippen molar-refractivity contribution in [1.82, 2.24) is 0 Å². The van der Waals surface area contributed by atoms with E-state index in [1.54, 1.807) is 0 Å². The van der Waals surface area contributed by atoms with Crippen LogP contribution in [0.1, 0.15) is 19.3 Å². The number of amides is 1. The maximum atomic E-state index is 11.4. The van der Waals surface area contributed by atoms with Crippen LogP contribution in [0.4, 0.5) is 0 Å². The normalized spacial score (nSPS) is 40.9. The SMILES string of the molecule is C=CC[C@]1(C(N)=O)C[C@H]2C=C[C@H]1C2. The monoisotopic (exact) mass is 177 g/mol. The van der Waals surface area contributed by atoms with Gasteiger partial charge in [-0.3, -0.25) is 4.79 Å². The number of rotatable bonds is 3. The molecule has 0 aromatic heterocycles. The predicted octanol–water partition coefficient (Wildman–Crippen LogP) is 1.63. The molecule has 1 fully saturated rings. The van der Waals surface area contributed by atoms with Gasteiger partial charge in [-0.1, -0.05) is 18.2 Å². The van der Waals surface area contributed by atoms with Crippen LogP contribution in [0.25, 0.3) is 0 Å². The minimum Gasteiger partial charge on any atom is -0.369 e. The van der Waals surface area contributed by atoms with E-state index in [9.17, 15) is 4.79 Å². The van der Waals surface area contributed by atoms with E-state index < -0.39 is 0 Å². The van der Waals surface area contributed by atoms with Gasteiger partial charge in [0, 0.05) is 0 Å². The Bertz CT molecular complexity index is 282. The van der Waals surface area contributed by atoms with E-state index in [2.05, 4.69) is 18.7 Å². The lowest BCUT2D eigenvalue weighted by atomic mass is 9.72. The molecular weight excluding hydrogens is 162 g/mol. The average Bonchev–Trinajstić information content (AvgIpc) is 2.64. The van der Waals surface area contributed by atoms with E-state index in [1.807, 2.05) is 6.08 Å². The fourth-order valence-corrected chi connectivity index (χ4v) is 2.83. The third kappa shape index (κ3) is 1.05. The molecule has 2 nitrogen and oxygen atoms in total. The van der Waals surface area contributed by atoms with Gasteiger partial charge in [0.05, 0.1) is 5.41 Å². The summed E-state index contributed by atoms with van der Waals surface area (Å²) in [6.07, 6.45) is 8.96. The lowest BCUT2D eigenvalue weighted by molar-refractivity contribution is -0.129. The molecule has 0 radical (unpaired) electrons. The number of carbonyl (C=O) groups is 1. The summed E-state index contributed by atoms with van der Waals surface area (Å²) in [5, 5.41) is 0. The van der Waals surface area contributed by atoms with E-state index in [-0.39, 0.29) is 11.3 Å². The maximum absolute atomic E-state index is 11.4. The fourth-order valence-electron chi connectivity index (χ4n) is 2.83. The van der Waals surface area contributed by atoms with Crippen molar-refractivity contribution in [2.75, 3.05) is 0 Å². The van der Waals surface area contributed by atoms with Crippen molar-refractivity contribution < 1.29 is 4.79 Å². The first kappa shape index (κ1) is 8.54. The van der Waals surface area contributed by atoms with E-state index in [1.165, 1.54) is 0 Å². The minimum atomic E-state index is -0.304. The Morgan fingerprint density at radius 1 is 1.69 bits per heavy atom. The number of fused-ring (bicyclic) bond motifs is 2. The standard InChI is InChI=1S/C11H15NO/c1-2-5-11(10(12)13)7-8-3-4-9(11)6-8/h2-4,8-9H,1,5-7H2,(H2,12,13)/t8-,9-,11-/m0/s1. The van der Waals surface area contributed by atoms with Gasteiger partial charge in [0.25, 0.3) is 0 Å². The van der Waals surface area contributed by atoms with Gasteiger partial charge >= 0.3 is 0 Å². The lowest BCUT2D eigenvalue weighted by Crippen LogP contribution is -2.40. The van der Waals surface area contributed by atoms with E-state index >= 15 is 0 Å². The zero-order valence-corrected chi connectivity index (χ0v) is 7.70. The van der Waals surface area contributed by atoms with Crippen LogP contribution >= 0.6 is 0 Å². The first-order valence-electron chi connectivity index (χ1n) is 4.78. The van der Waals surface area contributed by atoms with E-state index in [0.29, 0.717) is 11.8 Å². The minimum absolute atomic E-state index is 0.149. The summed E-state index contributed by atoms with van der Waals surface area (Å²) in [7, 11) is 0. The lowest BCUT2D eigenvalue weighted by Gasteiger charge is -2.31. The average molecular weight is 177 g/mol. The van der Waals surface area contributed by atoms with E-state index in [4.69, 9.17) is 5.73 Å². The van der Waals surface area contributed by atoms with Gasteiger partial charge in [-0.25, -0.2) is 0 Å². The third-order valence-corrected chi connectivity index (χ3v) is 3.51. The Hall–Kier alpha value is -1.05. The Labute approximate surface area is 78.5 Å². The highest BCUT2D eigenvalue weighted by molar-refractivity contribution is 5.82. The molecule has 0 aromatic rings. The summed E-state index contributed by atoms with van der Waals surface area (Å²) in [6.45, 7) is 3.70. The number of nitrogens with two attached hydrogens (primary N) is 1. The molecular formula is C11H15NO. The second kappa shape index (κ2) is 2.72. The molecule has 1 amide bonds. The molecule has 0 heterocycles. The Kier molecular flexibility index (Phi) is 1.79. The van der Waals surface area contributed by atoms with Crippen molar-refractivity contribution in [3.63, 3.8) is 0 Å². The van der Waals surface area contributed by atoms with Crippen molar-refractivity contribution in [3.8, 4) is 0 Å². The molecule has 3 atom stereocenters. The number of primary amides is 1. The summed E-state index contributed by atoms with van der Waals surface area (Å²) < 4.78 is 0. The molecule has 0 unspecified atom stereocenters. The molecule has 0 saturated heterocycles. The van der Waals surface area contributed by atoms with Gasteiger partial charge in [0.15, 0.2) is 0 Å². The topological polar surface area (TPSA) is 43.1 Å². The van der Waals surface area contributed by atoms with Gasteiger partial charge in [0.2, 0.25) is 5.91 Å². The Morgan fingerprint density at radius 3 is 2.85 bits per heavy atom. The second-order valence-electron chi connectivity index (χ2n) is 4.20. The van der Waals surface area contributed by atoms with Crippen molar-refractivity contribution in [1.29, 1.82) is 0 Å². The van der Waals surface area contributed by atoms with Gasteiger partial charge in [0.1, 0.15) is 0 Å². The maximum Gasteiger partial charge on any atom is 0.224 e. The number of allylic oxidation sites excluding steroid dienone is 3. The molecule has 2 rings (SSSR count). The van der Waals surface area contributed by atoms with Crippen LogP contribution in [-0.2, 0) is 4.79 Å². The van der Waals surface area contributed by atoms with Crippen LogP contribution in [0, 0.1) is 17.3 Å². The summed E-state index contributed by atoms with van der Waals surface area (Å²) >= 11 is 0. The Morgan fingerprint density at radius 2 is 2.46 bits per heavy atom.